The van der Waals surface area contributed by atoms with Crippen LogP contribution >= 0.6 is 0 Å². The summed E-state index contributed by atoms with van der Waals surface area (Å²) in [7, 11) is 0. The first-order chi connectivity index (χ1) is 24.3. The molecule has 2 heterocycles. The lowest BCUT2D eigenvalue weighted by Crippen LogP contribution is -2.10. The molecule has 0 saturated heterocycles. The predicted octanol–water partition coefficient (Wildman–Crippen LogP) is 13.4. The minimum absolute atomic E-state index is 0.838. The maximum Gasteiger partial charge on any atom is 0.159 e. The fraction of sp³-hybridized carbons (Fsp3) is 0. The first-order valence-corrected chi connectivity index (χ1v) is 16.6. The van der Waals surface area contributed by atoms with Crippen molar-refractivity contribution in [2.45, 2.75) is 0 Å². The van der Waals surface area contributed by atoms with E-state index in [-0.39, 0.29) is 0 Å². The van der Waals surface area contributed by atoms with Crippen molar-refractivity contribution in [2.75, 3.05) is 4.90 Å². The molecular formula is C46H29NO2. The number of furan rings is 2. The van der Waals surface area contributed by atoms with Crippen LogP contribution in [0, 0.1) is 0 Å². The van der Waals surface area contributed by atoms with Crippen LogP contribution in [0.2, 0.25) is 0 Å². The van der Waals surface area contributed by atoms with E-state index in [9.17, 15) is 0 Å². The summed E-state index contributed by atoms with van der Waals surface area (Å²) in [6, 6.07) is 61.9. The molecule has 230 valence electrons. The normalized spacial score (nSPS) is 11.7. The number of hydrogen-bond donors (Lipinski definition) is 0. The van der Waals surface area contributed by atoms with Crippen molar-refractivity contribution in [2.24, 2.45) is 0 Å². The first-order valence-electron chi connectivity index (χ1n) is 16.6. The molecule has 0 bridgehead atoms. The monoisotopic (exact) mass is 627 g/mol. The molecule has 3 nitrogen and oxygen atoms in total. The SMILES string of the molecule is c1ccc(-c2cccc3c2oc2cc(N(c4ccc(-c5ccc6ccccc6c5)cc4)c4cccc5c4oc4ccccc45)ccc23)cc1. The lowest BCUT2D eigenvalue weighted by Gasteiger charge is -2.25. The largest absolute Gasteiger partial charge is 0.455 e. The number of nitrogens with zero attached hydrogens (tertiary/aromatic N) is 1. The smallest absolute Gasteiger partial charge is 0.159 e. The zero-order valence-corrected chi connectivity index (χ0v) is 26.5. The highest BCUT2D eigenvalue weighted by atomic mass is 16.3. The van der Waals surface area contributed by atoms with Gasteiger partial charge in [0.1, 0.15) is 16.7 Å². The second-order valence-corrected chi connectivity index (χ2v) is 12.5. The molecular weight excluding hydrogens is 599 g/mol. The molecule has 0 N–H and O–H groups in total. The van der Waals surface area contributed by atoms with Gasteiger partial charge < -0.3 is 13.7 Å². The van der Waals surface area contributed by atoms with Gasteiger partial charge in [0.25, 0.3) is 0 Å². The van der Waals surface area contributed by atoms with E-state index in [1.54, 1.807) is 0 Å². The van der Waals surface area contributed by atoms with Crippen LogP contribution in [-0.4, -0.2) is 0 Å². The third kappa shape index (κ3) is 4.51. The summed E-state index contributed by atoms with van der Waals surface area (Å²) < 4.78 is 13.3. The molecule has 10 aromatic rings. The zero-order chi connectivity index (χ0) is 32.3. The predicted molar refractivity (Wildman–Crippen MR) is 204 cm³/mol. The maximum atomic E-state index is 6.70. The van der Waals surface area contributed by atoms with E-state index in [4.69, 9.17) is 8.83 Å². The molecule has 0 amide bonds. The number of para-hydroxylation sites is 3. The standard InChI is InChI=1S/C46H29NO2/c1-2-11-32(12-3-1)37-15-8-16-40-39-27-26-36(29-44(39)49-45(37)40)47(42-18-9-17-41-38-14-6-7-19-43(38)48-46(41)42)35-24-22-31(23-25-35)34-21-20-30-10-4-5-13-33(30)28-34/h1-29H. The summed E-state index contributed by atoms with van der Waals surface area (Å²) in [6.45, 7) is 0. The Labute approximate surface area is 282 Å². The molecule has 8 aromatic carbocycles. The number of rotatable bonds is 5. The van der Waals surface area contributed by atoms with Crippen molar-refractivity contribution in [3.63, 3.8) is 0 Å². The molecule has 0 aliphatic heterocycles. The second-order valence-electron chi connectivity index (χ2n) is 12.5. The van der Waals surface area contributed by atoms with E-state index in [2.05, 4.69) is 163 Å². The average molecular weight is 628 g/mol. The van der Waals surface area contributed by atoms with E-state index < -0.39 is 0 Å². The summed E-state index contributed by atoms with van der Waals surface area (Å²) in [5, 5.41) is 6.86. The molecule has 2 aromatic heterocycles. The lowest BCUT2D eigenvalue weighted by molar-refractivity contribution is 0.668. The lowest BCUT2D eigenvalue weighted by atomic mass is 10.0. The third-order valence-corrected chi connectivity index (χ3v) is 9.66. The van der Waals surface area contributed by atoms with Gasteiger partial charge in [-0.15, -0.1) is 0 Å². The molecule has 0 radical (unpaired) electrons. The van der Waals surface area contributed by atoms with Gasteiger partial charge in [0.05, 0.1) is 11.4 Å². The molecule has 10 rings (SSSR count). The van der Waals surface area contributed by atoms with Crippen molar-refractivity contribution in [1.29, 1.82) is 0 Å². The molecule has 0 spiro atoms. The van der Waals surface area contributed by atoms with Crippen molar-refractivity contribution in [3.8, 4) is 22.3 Å². The van der Waals surface area contributed by atoms with Crippen molar-refractivity contribution >= 4 is 71.7 Å². The van der Waals surface area contributed by atoms with Crippen LogP contribution in [0.25, 0.3) is 76.9 Å². The third-order valence-electron chi connectivity index (χ3n) is 9.66. The highest BCUT2D eigenvalue weighted by Gasteiger charge is 2.21. The molecule has 49 heavy (non-hydrogen) atoms. The molecule has 0 aliphatic rings. The van der Waals surface area contributed by atoms with Crippen LogP contribution in [0.3, 0.4) is 0 Å². The molecule has 0 saturated carbocycles. The molecule has 0 atom stereocenters. The summed E-state index contributed by atoms with van der Waals surface area (Å²) in [5.74, 6) is 0. The van der Waals surface area contributed by atoms with E-state index >= 15 is 0 Å². The highest BCUT2D eigenvalue weighted by molar-refractivity contribution is 6.12. The van der Waals surface area contributed by atoms with Gasteiger partial charge in [0.15, 0.2) is 5.58 Å². The van der Waals surface area contributed by atoms with E-state index in [1.165, 1.54) is 16.3 Å². The molecule has 0 aliphatic carbocycles. The van der Waals surface area contributed by atoms with Gasteiger partial charge in [0.2, 0.25) is 0 Å². The fourth-order valence-corrected chi connectivity index (χ4v) is 7.28. The highest BCUT2D eigenvalue weighted by Crippen LogP contribution is 2.44. The topological polar surface area (TPSA) is 29.5 Å². The first kappa shape index (κ1) is 27.5. The summed E-state index contributed by atoms with van der Waals surface area (Å²) in [4.78, 5) is 2.28. The second kappa shape index (κ2) is 11.0. The van der Waals surface area contributed by atoms with Gasteiger partial charge in [-0.25, -0.2) is 0 Å². The van der Waals surface area contributed by atoms with Gasteiger partial charge in [-0.05, 0) is 69.9 Å². The zero-order valence-electron chi connectivity index (χ0n) is 26.5. The van der Waals surface area contributed by atoms with Crippen molar-refractivity contribution < 1.29 is 8.83 Å². The molecule has 3 heteroatoms. The Balaban J connectivity index is 1.15. The minimum atomic E-state index is 0.838. The Morgan fingerprint density at radius 1 is 0.347 bits per heavy atom. The van der Waals surface area contributed by atoms with E-state index in [0.717, 1.165) is 77.6 Å². The van der Waals surface area contributed by atoms with Crippen LogP contribution in [-0.2, 0) is 0 Å². The van der Waals surface area contributed by atoms with Crippen molar-refractivity contribution in [1.82, 2.24) is 0 Å². The van der Waals surface area contributed by atoms with Crippen LogP contribution in [0.1, 0.15) is 0 Å². The fourth-order valence-electron chi connectivity index (χ4n) is 7.28. The Morgan fingerprint density at radius 3 is 1.88 bits per heavy atom. The average Bonchev–Trinajstić information content (AvgIpc) is 3.74. The molecule has 0 fully saturated rings. The maximum absolute atomic E-state index is 6.70. The van der Waals surface area contributed by atoms with Crippen LogP contribution < -0.4 is 4.90 Å². The number of hydrogen-bond acceptors (Lipinski definition) is 3. The van der Waals surface area contributed by atoms with Gasteiger partial charge in [-0.1, -0.05) is 127 Å². The Bertz CT molecular complexity index is 2830. The summed E-state index contributed by atoms with van der Waals surface area (Å²) in [5.41, 5.74) is 11.0. The van der Waals surface area contributed by atoms with Gasteiger partial charge in [0, 0.05) is 38.9 Å². The van der Waals surface area contributed by atoms with E-state index in [1.807, 2.05) is 18.2 Å². The minimum Gasteiger partial charge on any atom is -0.455 e. The quantitative estimate of drug-likeness (QED) is 0.190. The number of benzene rings is 8. The van der Waals surface area contributed by atoms with Gasteiger partial charge in [-0.3, -0.25) is 0 Å². The van der Waals surface area contributed by atoms with Crippen LogP contribution in [0.5, 0.6) is 0 Å². The van der Waals surface area contributed by atoms with Crippen molar-refractivity contribution in [3.05, 3.63) is 176 Å². The number of fused-ring (bicyclic) bond motifs is 7. The van der Waals surface area contributed by atoms with E-state index in [0.29, 0.717) is 0 Å². The van der Waals surface area contributed by atoms with Crippen LogP contribution in [0.15, 0.2) is 185 Å². The van der Waals surface area contributed by atoms with Gasteiger partial charge >= 0.3 is 0 Å². The Kier molecular flexibility index (Phi) is 6.18. The van der Waals surface area contributed by atoms with Gasteiger partial charge in [-0.2, -0.15) is 0 Å². The Hall–Kier alpha value is -6.58. The number of anilines is 3. The van der Waals surface area contributed by atoms with Crippen LogP contribution in [0.4, 0.5) is 17.1 Å². The molecule has 0 unspecified atom stereocenters. The summed E-state index contributed by atoms with van der Waals surface area (Å²) >= 11 is 0. The summed E-state index contributed by atoms with van der Waals surface area (Å²) in [6.07, 6.45) is 0. The Morgan fingerprint density at radius 2 is 1.00 bits per heavy atom.